The summed E-state index contributed by atoms with van der Waals surface area (Å²) >= 11 is 0. The van der Waals surface area contributed by atoms with E-state index in [1.165, 1.54) is 4.90 Å². The lowest BCUT2D eigenvalue weighted by Crippen LogP contribution is -2.35. The summed E-state index contributed by atoms with van der Waals surface area (Å²) in [5.74, 6) is 0.171. The number of nitrogens with zero attached hydrogens (tertiary/aromatic N) is 2. The predicted octanol–water partition coefficient (Wildman–Crippen LogP) is 1.46. The molecule has 1 aromatic rings. The summed E-state index contributed by atoms with van der Waals surface area (Å²) in [5.41, 5.74) is 1.06. The molecule has 0 bridgehead atoms. The van der Waals surface area contributed by atoms with Crippen LogP contribution in [0, 0.1) is 0 Å². The van der Waals surface area contributed by atoms with Crippen LogP contribution in [0.3, 0.4) is 0 Å². The number of amides is 2. The van der Waals surface area contributed by atoms with Crippen LogP contribution in [0.1, 0.15) is 37.0 Å². The van der Waals surface area contributed by atoms with E-state index in [2.05, 4.69) is 24.1 Å². The van der Waals surface area contributed by atoms with Crippen molar-refractivity contribution in [2.45, 2.75) is 26.7 Å². The van der Waals surface area contributed by atoms with Crippen LogP contribution in [0.5, 0.6) is 5.75 Å². The summed E-state index contributed by atoms with van der Waals surface area (Å²) in [4.78, 5) is 39.7. The summed E-state index contributed by atoms with van der Waals surface area (Å²) in [5, 5.41) is 2.85. The molecule has 7 nitrogen and oxygen atoms in total. The van der Waals surface area contributed by atoms with Crippen molar-refractivity contribution in [1.29, 1.82) is 0 Å². The van der Waals surface area contributed by atoms with Gasteiger partial charge in [-0.05, 0) is 31.3 Å². The Labute approximate surface area is 154 Å². The summed E-state index contributed by atoms with van der Waals surface area (Å²) < 4.78 is 5.35. The number of likely N-dealkylation sites (N-methyl/N-ethyl adjacent to an activating group) is 2. The van der Waals surface area contributed by atoms with E-state index < -0.39 is 0 Å². The van der Waals surface area contributed by atoms with Crippen molar-refractivity contribution in [1.82, 2.24) is 10.2 Å². The summed E-state index contributed by atoms with van der Waals surface area (Å²) in [6, 6.07) is 5.01. The number of ether oxygens (including phenoxy) is 1. The standard InChI is InChI=1S/C19H27N3O4/c1-4-22(5-2)11-10-20-18(24)9-7-16(23)14-6-8-17-15(12-14)21(3)19(25)13-26-17/h6,8,12H,4-5,7,9-11,13H2,1-3H3,(H,20,24). The van der Waals surface area contributed by atoms with E-state index in [0.717, 1.165) is 19.6 Å². The Bertz CT molecular complexity index is 671. The number of anilines is 1. The highest BCUT2D eigenvalue weighted by molar-refractivity contribution is 6.02. The highest BCUT2D eigenvalue weighted by Gasteiger charge is 2.23. The molecule has 0 aliphatic carbocycles. The van der Waals surface area contributed by atoms with Crippen LogP contribution in [0.4, 0.5) is 5.69 Å². The lowest BCUT2D eigenvalue weighted by Gasteiger charge is -2.26. The number of rotatable bonds is 9. The molecule has 142 valence electrons. The third-order valence-electron chi connectivity index (χ3n) is 4.59. The number of benzene rings is 1. The van der Waals surface area contributed by atoms with Crippen molar-refractivity contribution in [2.75, 3.05) is 44.7 Å². The van der Waals surface area contributed by atoms with Gasteiger partial charge in [0.25, 0.3) is 5.91 Å². The SMILES string of the molecule is CCN(CC)CCNC(=O)CCC(=O)c1ccc2c(c1)N(C)C(=O)CO2. The molecule has 0 radical (unpaired) electrons. The topological polar surface area (TPSA) is 79.0 Å². The van der Waals surface area contributed by atoms with Crippen LogP contribution < -0.4 is 15.0 Å². The molecule has 1 aliphatic rings. The zero-order valence-corrected chi connectivity index (χ0v) is 15.7. The molecule has 0 fully saturated rings. The first-order valence-electron chi connectivity index (χ1n) is 9.01. The second-order valence-electron chi connectivity index (χ2n) is 6.22. The first kappa shape index (κ1) is 19.9. The van der Waals surface area contributed by atoms with Crippen molar-refractivity contribution >= 4 is 23.3 Å². The number of ketones is 1. The van der Waals surface area contributed by atoms with Gasteiger partial charge in [0.05, 0.1) is 5.69 Å². The zero-order valence-electron chi connectivity index (χ0n) is 15.7. The van der Waals surface area contributed by atoms with Gasteiger partial charge >= 0.3 is 0 Å². The maximum atomic E-state index is 12.4. The molecule has 0 spiro atoms. The Hall–Kier alpha value is -2.41. The average molecular weight is 361 g/mol. The normalized spacial score (nSPS) is 13.4. The Morgan fingerprint density at radius 2 is 1.96 bits per heavy atom. The fraction of sp³-hybridized carbons (Fsp3) is 0.526. The minimum absolute atomic E-state index is 0.00442. The second kappa shape index (κ2) is 9.33. The molecule has 1 heterocycles. The summed E-state index contributed by atoms with van der Waals surface area (Å²) in [6.07, 6.45) is 0.286. The van der Waals surface area contributed by atoms with Gasteiger partial charge in [-0.3, -0.25) is 14.4 Å². The third-order valence-corrected chi connectivity index (χ3v) is 4.59. The van der Waals surface area contributed by atoms with E-state index >= 15 is 0 Å². The van der Waals surface area contributed by atoms with Crippen LogP contribution in [-0.4, -0.2) is 62.3 Å². The van der Waals surface area contributed by atoms with E-state index in [1.807, 2.05) is 0 Å². The molecule has 0 saturated carbocycles. The number of fused-ring (bicyclic) bond motifs is 1. The fourth-order valence-corrected chi connectivity index (χ4v) is 2.80. The number of carbonyl (C=O) groups excluding carboxylic acids is 3. The van der Waals surface area contributed by atoms with Gasteiger partial charge < -0.3 is 19.9 Å². The number of nitrogens with one attached hydrogen (secondary N) is 1. The van der Waals surface area contributed by atoms with Gasteiger partial charge in [0, 0.05) is 38.5 Å². The molecule has 1 aromatic carbocycles. The van der Waals surface area contributed by atoms with Gasteiger partial charge in [-0.25, -0.2) is 0 Å². The Morgan fingerprint density at radius 3 is 2.65 bits per heavy atom. The molecule has 0 aromatic heterocycles. The molecule has 0 unspecified atom stereocenters. The quantitative estimate of drug-likeness (QED) is 0.674. The van der Waals surface area contributed by atoms with Crippen molar-refractivity contribution < 1.29 is 19.1 Å². The van der Waals surface area contributed by atoms with Crippen molar-refractivity contribution in [2.24, 2.45) is 0 Å². The largest absolute Gasteiger partial charge is 0.482 e. The number of Topliss-reactive ketones (excluding diaryl/α,β-unsaturated/α-hetero) is 1. The molecule has 1 aliphatic heterocycles. The van der Waals surface area contributed by atoms with Gasteiger partial charge in [0.15, 0.2) is 12.4 Å². The second-order valence-corrected chi connectivity index (χ2v) is 6.22. The van der Waals surface area contributed by atoms with Crippen molar-refractivity contribution in [3.8, 4) is 5.75 Å². The summed E-state index contributed by atoms with van der Waals surface area (Å²) in [6.45, 7) is 7.45. The van der Waals surface area contributed by atoms with Gasteiger partial charge in [-0.1, -0.05) is 13.8 Å². The minimum atomic E-state index is -0.158. The molecular weight excluding hydrogens is 334 g/mol. The van der Waals surface area contributed by atoms with E-state index in [1.54, 1.807) is 25.2 Å². The molecule has 0 atom stereocenters. The predicted molar refractivity (Wildman–Crippen MR) is 99.7 cm³/mol. The van der Waals surface area contributed by atoms with Gasteiger partial charge in [-0.2, -0.15) is 0 Å². The van der Waals surface area contributed by atoms with Gasteiger partial charge in [-0.15, -0.1) is 0 Å². The summed E-state index contributed by atoms with van der Waals surface area (Å²) in [7, 11) is 1.65. The van der Waals surface area contributed by atoms with Crippen molar-refractivity contribution in [3.63, 3.8) is 0 Å². The molecule has 2 rings (SSSR count). The molecule has 1 N–H and O–H groups in total. The molecule has 26 heavy (non-hydrogen) atoms. The first-order valence-corrected chi connectivity index (χ1v) is 9.01. The van der Waals surface area contributed by atoms with Gasteiger partial charge in [0.2, 0.25) is 5.91 Å². The van der Waals surface area contributed by atoms with E-state index in [-0.39, 0.29) is 37.0 Å². The maximum Gasteiger partial charge on any atom is 0.264 e. The number of carbonyl (C=O) groups is 3. The first-order chi connectivity index (χ1) is 12.5. The van der Waals surface area contributed by atoms with Crippen LogP contribution in [0.15, 0.2) is 18.2 Å². The fourth-order valence-electron chi connectivity index (χ4n) is 2.80. The highest BCUT2D eigenvalue weighted by Crippen LogP contribution is 2.32. The van der Waals surface area contributed by atoms with Crippen LogP contribution in [-0.2, 0) is 9.59 Å². The molecule has 7 heteroatoms. The minimum Gasteiger partial charge on any atom is -0.482 e. The van der Waals surface area contributed by atoms with Crippen LogP contribution >= 0.6 is 0 Å². The van der Waals surface area contributed by atoms with Crippen LogP contribution in [0.2, 0.25) is 0 Å². The Morgan fingerprint density at radius 1 is 1.23 bits per heavy atom. The monoisotopic (exact) mass is 361 g/mol. The van der Waals surface area contributed by atoms with Gasteiger partial charge in [0.1, 0.15) is 5.75 Å². The maximum absolute atomic E-state index is 12.4. The molecule has 2 amide bonds. The third kappa shape index (κ3) is 5.05. The number of hydrogen-bond donors (Lipinski definition) is 1. The zero-order chi connectivity index (χ0) is 19.1. The molecular formula is C19H27N3O4. The Balaban J connectivity index is 1.85. The van der Waals surface area contributed by atoms with Crippen LogP contribution in [0.25, 0.3) is 0 Å². The van der Waals surface area contributed by atoms with E-state index in [9.17, 15) is 14.4 Å². The van der Waals surface area contributed by atoms with E-state index in [4.69, 9.17) is 4.74 Å². The highest BCUT2D eigenvalue weighted by atomic mass is 16.5. The lowest BCUT2D eigenvalue weighted by atomic mass is 10.0. The number of hydrogen-bond acceptors (Lipinski definition) is 5. The van der Waals surface area contributed by atoms with E-state index in [0.29, 0.717) is 23.5 Å². The smallest absolute Gasteiger partial charge is 0.264 e. The Kier molecular flexibility index (Phi) is 7.15. The average Bonchev–Trinajstić information content (AvgIpc) is 2.66. The van der Waals surface area contributed by atoms with Crippen molar-refractivity contribution in [3.05, 3.63) is 23.8 Å². The molecule has 0 saturated heterocycles. The lowest BCUT2D eigenvalue weighted by molar-refractivity contribution is -0.121.